The molecule has 0 fully saturated rings. The van der Waals surface area contributed by atoms with Crippen LogP contribution in [0.15, 0.2) is 72.4 Å². The Bertz CT molecular complexity index is 952. The van der Waals surface area contributed by atoms with Crippen LogP contribution in [0.5, 0.6) is 5.75 Å². The first kappa shape index (κ1) is 16.3. The summed E-state index contributed by atoms with van der Waals surface area (Å²) in [6.07, 6.45) is 1.76. The monoisotopic (exact) mass is 336 g/mol. The molecule has 0 aliphatic heterocycles. The topological polar surface area (TPSA) is 123 Å². The molecule has 6 N–H and O–H groups in total. The van der Waals surface area contributed by atoms with Crippen LogP contribution in [-0.2, 0) is 4.79 Å². The molecule has 25 heavy (non-hydrogen) atoms. The number of aliphatic carboxylic acids is 1. The molecular weight excluding hydrogens is 320 g/mol. The number of hydrogen-bond acceptors (Lipinski definition) is 6. The molecule has 0 saturated carbocycles. The zero-order chi connectivity index (χ0) is 17.8. The van der Waals surface area contributed by atoms with E-state index in [4.69, 9.17) is 21.4 Å². The maximum atomic E-state index is 10.9. The third-order valence-corrected chi connectivity index (χ3v) is 3.62. The van der Waals surface area contributed by atoms with Crippen molar-refractivity contribution >= 4 is 16.9 Å². The van der Waals surface area contributed by atoms with Crippen molar-refractivity contribution in [2.75, 3.05) is 0 Å². The summed E-state index contributed by atoms with van der Waals surface area (Å²) in [6.45, 7) is 0. The highest BCUT2D eigenvalue weighted by atomic mass is 16.5. The van der Waals surface area contributed by atoms with E-state index >= 15 is 0 Å². The molecule has 7 nitrogen and oxygen atoms in total. The lowest BCUT2D eigenvalue weighted by molar-refractivity contribution is -0.133. The zero-order valence-electron chi connectivity index (χ0n) is 13.1. The average molecular weight is 336 g/mol. The van der Waals surface area contributed by atoms with E-state index in [1.54, 1.807) is 18.3 Å². The quantitative estimate of drug-likeness (QED) is 0.243. The number of carboxylic acids is 1. The highest BCUT2D eigenvalue weighted by molar-refractivity contribution is 5.86. The minimum absolute atomic E-state index is 0.320. The Labute approximate surface area is 143 Å². The minimum Gasteiger partial charge on any atom is -0.476 e. The Kier molecular flexibility index (Phi) is 4.49. The highest BCUT2D eigenvalue weighted by Crippen LogP contribution is 2.25. The number of carbonyl (C=O) groups is 1. The van der Waals surface area contributed by atoms with E-state index in [9.17, 15) is 4.79 Å². The second kappa shape index (κ2) is 6.90. The summed E-state index contributed by atoms with van der Waals surface area (Å²) in [5.74, 6) is 3.90. The van der Waals surface area contributed by atoms with Crippen LogP contribution in [-0.4, -0.2) is 16.1 Å². The molecular formula is C18H16N4O3. The highest BCUT2D eigenvalue weighted by Gasteiger charge is 2.13. The van der Waals surface area contributed by atoms with Gasteiger partial charge < -0.3 is 21.0 Å². The molecule has 0 spiro atoms. The summed E-state index contributed by atoms with van der Waals surface area (Å²) in [5.41, 5.74) is 10.1. The van der Waals surface area contributed by atoms with Crippen molar-refractivity contribution in [2.24, 2.45) is 11.6 Å². The number of nitrogens with zero attached hydrogens (tertiary/aromatic N) is 1. The minimum atomic E-state index is -1.30. The Morgan fingerprint density at radius 1 is 1.08 bits per heavy atom. The smallest absolute Gasteiger partial charge is 0.358 e. The second-order valence-electron chi connectivity index (χ2n) is 5.23. The number of carboxylic acid groups (broad SMARTS) is 1. The molecule has 126 valence electrons. The molecule has 1 heterocycles. The van der Waals surface area contributed by atoms with Crippen molar-refractivity contribution in [3.63, 3.8) is 0 Å². The number of aromatic nitrogens is 1. The number of ether oxygens (including phenoxy) is 1. The van der Waals surface area contributed by atoms with Gasteiger partial charge in [-0.15, -0.1) is 0 Å². The molecule has 3 aromatic rings. The van der Waals surface area contributed by atoms with Crippen LogP contribution in [0.4, 0.5) is 0 Å². The van der Waals surface area contributed by atoms with Crippen LogP contribution in [0.2, 0.25) is 0 Å². The first-order chi connectivity index (χ1) is 12.1. The van der Waals surface area contributed by atoms with Crippen LogP contribution in [0.25, 0.3) is 22.0 Å². The van der Waals surface area contributed by atoms with Crippen LogP contribution in [0.3, 0.4) is 0 Å². The lowest BCUT2D eigenvalue weighted by Crippen LogP contribution is -2.31. The first-order valence-corrected chi connectivity index (χ1v) is 7.41. The molecule has 0 aliphatic rings. The van der Waals surface area contributed by atoms with Crippen LogP contribution in [0, 0.1) is 0 Å². The number of hydrogen-bond donors (Lipinski definition) is 4. The average Bonchev–Trinajstić information content (AvgIpc) is 2.62. The summed E-state index contributed by atoms with van der Waals surface area (Å²) >= 11 is 0. The Morgan fingerprint density at radius 2 is 1.80 bits per heavy atom. The van der Waals surface area contributed by atoms with Gasteiger partial charge in [-0.2, -0.15) is 0 Å². The molecule has 0 unspecified atom stereocenters. The van der Waals surface area contributed by atoms with E-state index in [0.717, 1.165) is 22.0 Å². The second-order valence-corrected chi connectivity index (χ2v) is 5.23. The lowest BCUT2D eigenvalue weighted by Gasteiger charge is -2.10. The van der Waals surface area contributed by atoms with E-state index in [1.807, 2.05) is 47.9 Å². The third kappa shape index (κ3) is 3.51. The lowest BCUT2D eigenvalue weighted by atomic mass is 10.0. The van der Waals surface area contributed by atoms with E-state index in [-0.39, 0.29) is 5.88 Å². The Morgan fingerprint density at radius 3 is 2.48 bits per heavy atom. The van der Waals surface area contributed by atoms with Gasteiger partial charge in [-0.1, -0.05) is 24.3 Å². The zero-order valence-corrected chi connectivity index (χ0v) is 13.1. The van der Waals surface area contributed by atoms with Crippen LogP contribution < -0.4 is 21.7 Å². The van der Waals surface area contributed by atoms with Gasteiger partial charge in [-0.25, -0.2) is 4.79 Å². The van der Waals surface area contributed by atoms with Gasteiger partial charge in [0.15, 0.2) is 5.70 Å². The number of hydrazine groups is 1. The van der Waals surface area contributed by atoms with Gasteiger partial charge in [0.2, 0.25) is 5.88 Å². The van der Waals surface area contributed by atoms with E-state index in [2.05, 4.69) is 4.98 Å². The van der Waals surface area contributed by atoms with Gasteiger partial charge >= 0.3 is 5.97 Å². The van der Waals surface area contributed by atoms with E-state index < -0.39 is 11.7 Å². The number of benzene rings is 2. The fourth-order valence-electron chi connectivity index (χ4n) is 2.39. The largest absolute Gasteiger partial charge is 0.476 e. The van der Waals surface area contributed by atoms with Crippen LogP contribution in [0.1, 0.15) is 0 Å². The normalized spacial score (nSPS) is 11.7. The fraction of sp³-hybridized carbons (Fsp3) is 0. The van der Waals surface area contributed by atoms with Gasteiger partial charge in [0.1, 0.15) is 5.75 Å². The molecule has 0 atom stereocenters. The summed E-state index contributed by atoms with van der Waals surface area (Å²) in [7, 11) is 0. The summed E-state index contributed by atoms with van der Waals surface area (Å²) < 4.78 is 5.31. The van der Waals surface area contributed by atoms with Crippen molar-refractivity contribution < 1.29 is 14.6 Å². The SMILES string of the molecule is NN/C(C(=O)O)=C(\N)Oc1ccc(-c2ccc3ncccc3c2)cc1. The maximum absolute atomic E-state index is 10.9. The van der Waals surface area contributed by atoms with Crippen molar-refractivity contribution in [1.29, 1.82) is 0 Å². The van der Waals surface area contributed by atoms with E-state index in [0.29, 0.717) is 5.75 Å². The van der Waals surface area contributed by atoms with Gasteiger partial charge in [0.05, 0.1) is 5.52 Å². The van der Waals surface area contributed by atoms with Crippen molar-refractivity contribution in [1.82, 2.24) is 10.4 Å². The number of nitrogens with two attached hydrogens (primary N) is 2. The molecule has 7 heteroatoms. The molecule has 0 amide bonds. The van der Waals surface area contributed by atoms with Crippen LogP contribution >= 0.6 is 0 Å². The molecule has 0 bridgehead atoms. The number of fused-ring (bicyclic) bond motifs is 1. The summed E-state index contributed by atoms with van der Waals surface area (Å²) in [5, 5.41) is 9.98. The predicted octanol–water partition coefficient (Wildman–Crippen LogP) is 1.96. The number of rotatable bonds is 5. The number of nitrogens with one attached hydrogen (secondary N) is 1. The van der Waals surface area contributed by atoms with Crippen molar-refractivity contribution in [3.05, 3.63) is 72.4 Å². The van der Waals surface area contributed by atoms with Gasteiger partial charge in [-0.3, -0.25) is 10.8 Å². The molecule has 0 saturated heterocycles. The van der Waals surface area contributed by atoms with E-state index in [1.165, 1.54) is 0 Å². The summed E-state index contributed by atoms with van der Waals surface area (Å²) in [6, 6.07) is 17.0. The number of pyridine rings is 1. The third-order valence-electron chi connectivity index (χ3n) is 3.62. The van der Waals surface area contributed by atoms with Crippen molar-refractivity contribution in [3.8, 4) is 16.9 Å². The maximum Gasteiger partial charge on any atom is 0.358 e. The molecule has 2 aromatic carbocycles. The standard InChI is InChI=1S/C18H16N4O3/c19-17(16(22-20)18(23)24)25-14-6-3-11(4-7-14)12-5-8-15-13(10-12)2-1-9-21-15/h1-10,22H,19-20H2,(H,23,24)/b17-16+. The predicted molar refractivity (Wildman–Crippen MR) is 94.0 cm³/mol. The first-order valence-electron chi connectivity index (χ1n) is 7.41. The van der Waals surface area contributed by atoms with Gasteiger partial charge in [0, 0.05) is 11.6 Å². The van der Waals surface area contributed by atoms with Crippen molar-refractivity contribution in [2.45, 2.75) is 0 Å². The Balaban J connectivity index is 1.85. The van der Waals surface area contributed by atoms with Gasteiger partial charge in [0.25, 0.3) is 0 Å². The molecule has 1 aromatic heterocycles. The Hall–Kier alpha value is -3.58. The molecule has 0 radical (unpaired) electrons. The molecule has 0 aliphatic carbocycles. The molecule has 3 rings (SSSR count). The summed E-state index contributed by atoms with van der Waals surface area (Å²) in [4.78, 5) is 15.2. The fourth-order valence-corrected chi connectivity index (χ4v) is 2.39. The van der Waals surface area contributed by atoms with Gasteiger partial charge in [-0.05, 0) is 41.5 Å².